The Morgan fingerprint density at radius 1 is 0.880 bits per heavy atom. The van der Waals surface area contributed by atoms with Crippen LogP contribution in [0.25, 0.3) is 0 Å². The zero-order valence-electron chi connectivity index (χ0n) is 15.5. The Bertz CT molecular complexity index is 607. The molecule has 0 spiro atoms. The lowest BCUT2D eigenvalue weighted by molar-refractivity contribution is -0.0549. The van der Waals surface area contributed by atoms with E-state index in [0.717, 1.165) is 25.8 Å². The third-order valence-electron chi connectivity index (χ3n) is 6.30. The molecule has 2 aromatic carbocycles. The van der Waals surface area contributed by atoms with E-state index in [1.165, 1.54) is 17.5 Å². The van der Waals surface area contributed by atoms with E-state index in [4.69, 9.17) is 0 Å². The van der Waals surface area contributed by atoms with Gasteiger partial charge in [0.25, 0.3) is 0 Å². The first kappa shape index (κ1) is 18.1. The largest absolute Gasteiger partial charge is 0.295 e. The van der Waals surface area contributed by atoms with Crippen LogP contribution in [0.15, 0.2) is 60.7 Å². The van der Waals surface area contributed by atoms with Crippen molar-refractivity contribution < 1.29 is 4.39 Å². The Hall–Kier alpha value is -1.67. The maximum atomic E-state index is 13.2. The standard InChI is InChI=1S/C23H30FN/c1-22(2)23(14-9-16-25(22)17-15-24,18-20-10-5-3-6-11-20)19-21-12-7-4-8-13-21/h3-8,10-13H,9,14-19H2,1-2H3. The van der Waals surface area contributed by atoms with Gasteiger partial charge in [0.05, 0.1) is 0 Å². The molecule has 0 unspecified atom stereocenters. The van der Waals surface area contributed by atoms with Gasteiger partial charge in [-0.15, -0.1) is 0 Å². The summed E-state index contributed by atoms with van der Waals surface area (Å²) in [6.07, 6.45) is 4.41. The molecule has 0 aliphatic carbocycles. The Balaban J connectivity index is 1.98. The van der Waals surface area contributed by atoms with Crippen molar-refractivity contribution in [3.05, 3.63) is 71.8 Å². The van der Waals surface area contributed by atoms with Crippen LogP contribution in [0.3, 0.4) is 0 Å². The predicted molar refractivity (Wildman–Crippen MR) is 104 cm³/mol. The van der Waals surface area contributed by atoms with Crippen molar-refractivity contribution in [3.63, 3.8) is 0 Å². The van der Waals surface area contributed by atoms with Gasteiger partial charge in [-0.05, 0) is 62.6 Å². The highest BCUT2D eigenvalue weighted by Gasteiger charge is 2.50. The van der Waals surface area contributed by atoms with E-state index in [2.05, 4.69) is 79.4 Å². The normalized spacial score (nSPS) is 19.6. The van der Waals surface area contributed by atoms with Gasteiger partial charge in [-0.2, -0.15) is 0 Å². The summed E-state index contributed by atoms with van der Waals surface area (Å²) >= 11 is 0. The second-order valence-corrected chi connectivity index (χ2v) is 7.94. The Morgan fingerprint density at radius 3 is 1.88 bits per heavy atom. The summed E-state index contributed by atoms with van der Waals surface area (Å²) in [5.41, 5.74) is 2.84. The Labute approximate surface area is 151 Å². The van der Waals surface area contributed by atoms with Crippen LogP contribution in [-0.2, 0) is 12.8 Å². The van der Waals surface area contributed by atoms with Crippen molar-refractivity contribution in [1.29, 1.82) is 0 Å². The van der Waals surface area contributed by atoms with Crippen molar-refractivity contribution in [3.8, 4) is 0 Å². The first-order chi connectivity index (χ1) is 12.1. The monoisotopic (exact) mass is 339 g/mol. The fourth-order valence-corrected chi connectivity index (χ4v) is 4.67. The Morgan fingerprint density at radius 2 is 1.40 bits per heavy atom. The van der Waals surface area contributed by atoms with E-state index >= 15 is 0 Å². The summed E-state index contributed by atoms with van der Waals surface area (Å²) in [5, 5.41) is 0. The van der Waals surface area contributed by atoms with Crippen LogP contribution in [0.4, 0.5) is 4.39 Å². The number of nitrogens with zero attached hydrogens (tertiary/aromatic N) is 1. The molecule has 0 bridgehead atoms. The van der Waals surface area contributed by atoms with Crippen LogP contribution in [0.2, 0.25) is 0 Å². The van der Waals surface area contributed by atoms with Gasteiger partial charge in [0.15, 0.2) is 0 Å². The molecule has 1 nitrogen and oxygen atoms in total. The fraction of sp³-hybridized carbons (Fsp3) is 0.478. The van der Waals surface area contributed by atoms with Crippen LogP contribution in [-0.4, -0.2) is 30.2 Å². The van der Waals surface area contributed by atoms with Crippen molar-refractivity contribution in [2.75, 3.05) is 19.8 Å². The summed E-state index contributed by atoms with van der Waals surface area (Å²) in [7, 11) is 0. The first-order valence-corrected chi connectivity index (χ1v) is 9.46. The van der Waals surface area contributed by atoms with Gasteiger partial charge < -0.3 is 0 Å². The predicted octanol–water partition coefficient (Wildman–Crippen LogP) is 5.30. The number of halogens is 1. The van der Waals surface area contributed by atoms with Gasteiger partial charge >= 0.3 is 0 Å². The SMILES string of the molecule is CC1(C)N(CCF)CCCC1(Cc1ccccc1)Cc1ccccc1. The number of piperidine rings is 1. The molecule has 1 heterocycles. The molecule has 0 aromatic heterocycles. The number of hydrogen-bond donors (Lipinski definition) is 0. The number of hydrogen-bond acceptors (Lipinski definition) is 1. The molecule has 1 aliphatic rings. The minimum atomic E-state index is -0.268. The average Bonchev–Trinajstić information content (AvgIpc) is 2.61. The number of rotatable bonds is 6. The van der Waals surface area contributed by atoms with Crippen molar-refractivity contribution in [2.24, 2.45) is 5.41 Å². The van der Waals surface area contributed by atoms with E-state index in [1.807, 2.05) is 0 Å². The minimum absolute atomic E-state index is 0.0387. The maximum Gasteiger partial charge on any atom is 0.102 e. The molecule has 0 N–H and O–H groups in total. The van der Waals surface area contributed by atoms with Gasteiger partial charge in [0.1, 0.15) is 6.67 Å². The lowest BCUT2D eigenvalue weighted by atomic mass is 9.59. The minimum Gasteiger partial charge on any atom is -0.295 e. The van der Waals surface area contributed by atoms with Crippen LogP contribution in [0.5, 0.6) is 0 Å². The summed E-state index contributed by atoms with van der Waals surface area (Å²) in [6.45, 7) is 5.93. The lowest BCUT2D eigenvalue weighted by Crippen LogP contribution is -2.62. The zero-order chi connectivity index (χ0) is 17.8. The third kappa shape index (κ3) is 3.79. The summed E-state index contributed by atoms with van der Waals surface area (Å²) in [6, 6.07) is 21.6. The molecule has 0 radical (unpaired) electrons. The van der Waals surface area contributed by atoms with Crippen LogP contribution in [0.1, 0.15) is 37.8 Å². The molecule has 134 valence electrons. The van der Waals surface area contributed by atoms with E-state index in [1.54, 1.807) is 0 Å². The molecule has 2 aromatic rings. The Kier molecular flexibility index (Phi) is 5.58. The quantitative estimate of drug-likeness (QED) is 0.690. The highest BCUT2D eigenvalue weighted by molar-refractivity contribution is 5.24. The molecular weight excluding hydrogens is 309 g/mol. The molecule has 3 rings (SSSR count). The number of likely N-dealkylation sites (tertiary alicyclic amines) is 1. The molecular formula is C23H30FN. The molecule has 1 aliphatic heterocycles. The number of alkyl halides is 1. The maximum absolute atomic E-state index is 13.2. The van der Waals surface area contributed by atoms with Gasteiger partial charge in [-0.1, -0.05) is 60.7 Å². The molecule has 0 atom stereocenters. The van der Waals surface area contributed by atoms with Crippen LogP contribution >= 0.6 is 0 Å². The van der Waals surface area contributed by atoms with E-state index < -0.39 is 0 Å². The van der Waals surface area contributed by atoms with Gasteiger partial charge in [0.2, 0.25) is 0 Å². The van der Waals surface area contributed by atoms with E-state index in [-0.39, 0.29) is 17.6 Å². The molecule has 25 heavy (non-hydrogen) atoms. The van der Waals surface area contributed by atoms with Gasteiger partial charge in [-0.3, -0.25) is 4.90 Å². The lowest BCUT2D eigenvalue weighted by Gasteiger charge is -2.57. The smallest absolute Gasteiger partial charge is 0.102 e. The molecule has 0 saturated carbocycles. The third-order valence-corrected chi connectivity index (χ3v) is 6.30. The second-order valence-electron chi connectivity index (χ2n) is 7.94. The van der Waals surface area contributed by atoms with Gasteiger partial charge in [0, 0.05) is 12.1 Å². The highest BCUT2D eigenvalue weighted by Crippen LogP contribution is 2.48. The van der Waals surface area contributed by atoms with E-state index in [0.29, 0.717) is 6.54 Å². The van der Waals surface area contributed by atoms with Crippen LogP contribution in [0, 0.1) is 5.41 Å². The van der Waals surface area contributed by atoms with Crippen LogP contribution < -0.4 is 0 Å². The average molecular weight is 339 g/mol. The molecule has 1 fully saturated rings. The van der Waals surface area contributed by atoms with E-state index in [9.17, 15) is 4.39 Å². The molecule has 0 amide bonds. The van der Waals surface area contributed by atoms with Crippen molar-refractivity contribution in [1.82, 2.24) is 4.90 Å². The number of benzene rings is 2. The second kappa shape index (κ2) is 7.70. The topological polar surface area (TPSA) is 3.24 Å². The zero-order valence-corrected chi connectivity index (χ0v) is 15.5. The first-order valence-electron chi connectivity index (χ1n) is 9.46. The fourth-order valence-electron chi connectivity index (χ4n) is 4.67. The van der Waals surface area contributed by atoms with Crippen molar-refractivity contribution >= 4 is 0 Å². The van der Waals surface area contributed by atoms with Gasteiger partial charge in [-0.25, -0.2) is 4.39 Å². The summed E-state index contributed by atoms with van der Waals surface area (Å²) < 4.78 is 13.2. The molecule has 2 heteroatoms. The summed E-state index contributed by atoms with van der Waals surface area (Å²) in [5.74, 6) is 0. The van der Waals surface area contributed by atoms with Crippen molar-refractivity contribution in [2.45, 2.75) is 45.1 Å². The molecule has 1 saturated heterocycles. The summed E-state index contributed by atoms with van der Waals surface area (Å²) in [4.78, 5) is 2.38. The highest BCUT2D eigenvalue weighted by atomic mass is 19.1.